The summed E-state index contributed by atoms with van der Waals surface area (Å²) in [5.74, 6) is 0.218. The predicted molar refractivity (Wildman–Crippen MR) is 66.7 cm³/mol. The van der Waals surface area contributed by atoms with Gasteiger partial charge in [0.05, 0.1) is 5.75 Å². The third-order valence-electron chi connectivity index (χ3n) is 2.59. The molecular weight excluding hydrogens is 222 g/mol. The first-order valence-electron chi connectivity index (χ1n) is 5.46. The van der Waals surface area contributed by atoms with Crippen molar-refractivity contribution in [1.82, 2.24) is 4.31 Å². The number of hydrogen-bond donors (Lipinski definition) is 0. The molecule has 0 N–H and O–H groups in total. The topological polar surface area (TPSA) is 37.4 Å². The van der Waals surface area contributed by atoms with Gasteiger partial charge in [0.25, 0.3) is 0 Å². The Morgan fingerprint density at radius 1 is 1.25 bits per heavy atom. The van der Waals surface area contributed by atoms with Crippen molar-refractivity contribution in [1.29, 1.82) is 0 Å². The van der Waals surface area contributed by atoms with E-state index in [-0.39, 0.29) is 5.75 Å². The number of aryl methyl sites for hydroxylation is 1. The van der Waals surface area contributed by atoms with Crippen LogP contribution in [0.3, 0.4) is 0 Å². The standard InChI is InChI=1S/C12H19NO2S/c1-4-9-16(14,15)13(3)10-12-8-6-5-7-11(12)2/h5-8H,4,9-10H2,1-3H3. The second-order valence-electron chi connectivity index (χ2n) is 4.00. The van der Waals surface area contributed by atoms with E-state index < -0.39 is 10.0 Å². The van der Waals surface area contributed by atoms with Gasteiger partial charge in [-0.3, -0.25) is 0 Å². The Morgan fingerprint density at radius 2 is 1.88 bits per heavy atom. The zero-order valence-electron chi connectivity index (χ0n) is 10.1. The molecule has 0 radical (unpaired) electrons. The Hall–Kier alpha value is -0.870. The van der Waals surface area contributed by atoms with Crippen LogP contribution in [0.15, 0.2) is 24.3 Å². The van der Waals surface area contributed by atoms with Crippen LogP contribution in [-0.4, -0.2) is 25.5 Å². The minimum absolute atomic E-state index is 0.218. The first-order chi connectivity index (χ1) is 7.47. The highest BCUT2D eigenvalue weighted by Crippen LogP contribution is 2.12. The molecule has 0 saturated carbocycles. The van der Waals surface area contributed by atoms with Gasteiger partial charge in [-0.05, 0) is 24.5 Å². The van der Waals surface area contributed by atoms with Gasteiger partial charge in [0, 0.05) is 13.6 Å². The van der Waals surface area contributed by atoms with E-state index in [2.05, 4.69) is 0 Å². The molecule has 0 fully saturated rings. The van der Waals surface area contributed by atoms with Crippen LogP contribution in [-0.2, 0) is 16.6 Å². The van der Waals surface area contributed by atoms with E-state index in [0.29, 0.717) is 13.0 Å². The molecule has 4 heteroatoms. The van der Waals surface area contributed by atoms with Crippen molar-refractivity contribution in [2.24, 2.45) is 0 Å². The summed E-state index contributed by atoms with van der Waals surface area (Å²) in [5, 5.41) is 0. The van der Waals surface area contributed by atoms with Crippen LogP contribution < -0.4 is 0 Å². The monoisotopic (exact) mass is 241 g/mol. The molecule has 1 rings (SSSR count). The molecule has 0 saturated heterocycles. The molecule has 0 aliphatic carbocycles. The van der Waals surface area contributed by atoms with Gasteiger partial charge < -0.3 is 0 Å². The average Bonchev–Trinajstić information content (AvgIpc) is 2.21. The Morgan fingerprint density at radius 3 is 2.44 bits per heavy atom. The molecule has 0 heterocycles. The van der Waals surface area contributed by atoms with Crippen LogP contribution in [0.5, 0.6) is 0 Å². The summed E-state index contributed by atoms with van der Waals surface area (Å²) in [6.07, 6.45) is 0.653. The second-order valence-corrected chi connectivity index (χ2v) is 6.19. The lowest BCUT2D eigenvalue weighted by Gasteiger charge is -2.17. The molecule has 0 amide bonds. The SMILES string of the molecule is CCCS(=O)(=O)N(C)Cc1ccccc1C. The summed E-state index contributed by atoms with van der Waals surface area (Å²) in [6.45, 7) is 4.32. The Labute approximate surface area is 98.1 Å². The quantitative estimate of drug-likeness (QED) is 0.792. The predicted octanol–water partition coefficient (Wildman–Crippen LogP) is 2.17. The molecule has 0 bridgehead atoms. The Balaban J connectivity index is 2.79. The van der Waals surface area contributed by atoms with Gasteiger partial charge in [-0.25, -0.2) is 12.7 Å². The Kier molecular flexibility index (Phi) is 4.50. The summed E-state index contributed by atoms with van der Waals surface area (Å²) in [5.41, 5.74) is 2.19. The van der Waals surface area contributed by atoms with Gasteiger partial charge >= 0.3 is 0 Å². The molecule has 0 aliphatic rings. The molecular formula is C12H19NO2S. The van der Waals surface area contributed by atoms with Crippen LogP contribution in [0.4, 0.5) is 0 Å². The van der Waals surface area contributed by atoms with Crippen LogP contribution in [0.1, 0.15) is 24.5 Å². The fourth-order valence-electron chi connectivity index (χ4n) is 1.54. The van der Waals surface area contributed by atoms with Crippen LogP contribution in [0.25, 0.3) is 0 Å². The van der Waals surface area contributed by atoms with Gasteiger partial charge in [-0.15, -0.1) is 0 Å². The molecule has 0 atom stereocenters. The van der Waals surface area contributed by atoms with Crippen molar-refractivity contribution in [2.75, 3.05) is 12.8 Å². The summed E-state index contributed by atoms with van der Waals surface area (Å²) >= 11 is 0. The van der Waals surface area contributed by atoms with Gasteiger partial charge in [-0.1, -0.05) is 31.2 Å². The lowest BCUT2D eigenvalue weighted by molar-refractivity contribution is 0.465. The number of rotatable bonds is 5. The first-order valence-corrected chi connectivity index (χ1v) is 7.07. The van der Waals surface area contributed by atoms with E-state index >= 15 is 0 Å². The van der Waals surface area contributed by atoms with E-state index in [9.17, 15) is 8.42 Å². The fraction of sp³-hybridized carbons (Fsp3) is 0.500. The summed E-state index contributed by atoms with van der Waals surface area (Å²) in [6, 6.07) is 7.85. The van der Waals surface area contributed by atoms with E-state index in [1.807, 2.05) is 38.1 Å². The Bertz CT molecular complexity index is 440. The van der Waals surface area contributed by atoms with E-state index in [4.69, 9.17) is 0 Å². The van der Waals surface area contributed by atoms with Gasteiger partial charge in [-0.2, -0.15) is 0 Å². The minimum Gasteiger partial charge on any atom is -0.212 e. The lowest BCUT2D eigenvalue weighted by atomic mass is 10.1. The number of benzene rings is 1. The zero-order valence-corrected chi connectivity index (χ0v) is 10.9. The molecule has 3 nitrogen and oxygen atoms in total. The fourth-order valence-corrected chi connectivity index (χ4v) is 2.70. The van der Waals surface area contributed by atoms with Crippen LogP contribution in [0.2, 0.25) is 0 Å². The summed E-state index contributed by atoms with van der Waals surface area (Å²) in [7, 11) is -1.46. The van der Waals surface area contributed by atoms with Crippen LogP contribution in [0, 0.1) is 6.92 Å². The number of sulfonamides is 1. The largest absolute Gasteiger partial charge is 0.214 e. The molecule has 90 valence electrons. The highest BCUT2D eigenvalue weighted by Gasteiger charge is 2.16. The molecule has 1 aromatic carbocycles. The molecule has 16 heavy (non-hydrogen) atoms. The van der Waals surface area contributed by atoms with E-state index in [0.717, 1.165) is 11.1 Å². The maximum Gasteiger partial charge on any atom is 0.214 e. The molecule has 0 spiro atoms. The zero-order chi connectivity index (χ0) is 12.2. The van der Waals surface area contributed by atoms with Crippen molar-refractivity contribution in [3.05, 3.63) is 35.4 Å². The van der Waals surface area contributed by atoms with E-state index in [1.165, 1.54) is 4.31 Å². The van der Waals surface area contributed by atoms with Crippen molar-refractivity contribution in [3.63, 3.8) is 0 Å². The normalized spacial score (nSPS) is 12.0. The minimum atomic E-state index is -3.09. The first kappa shape index (κ1) is 13.2. The average molecular weight is 241 g/mol. The molecule has 0 aliphatic heterocycles. The van der Waals surface area contributed by atoms with Crippen molar-refractivity contribution < 1.29 is 8.42 Å². The maximum absolute atomic E-state index is 11.8. The summed E-state index contributed by atoms with van der Waals surface area (Å²) < 4.78 is 25.0. The van der Waals surface area contributed by atoms with Gasteiger partial charge in [0.15, 0.2) is 0 Å². The van der Waals surface area contributed by atoms with Gasteiger partial charge in [0.2, 0.25) is 10.0 Å². The molecule has 1 aromatic rings. The smallest absolute Gasteiger partial charge is 0.212 e. The van der Waals surface area contributed by atoms with Crippen LogP contribution >= 0.6 is 0 Å². The van der Waals surface area contributed by atoms with Crippen molar-refractivity contribution in [3.8, 4) is 0 Å². The third-order valence-corrected chi connectivity index (χ3v) is 4.59. The lowest BCUT2D eigenvalue weighted by Crippen LogP contribution is -2.28. The number of nitrogens with zero attached hydrogens (tertiary/aromatic N) is 1. The summed E-state index contributed by atoms with van der Waals surface area (Å²) in [4.78, 5) is 0. The molecule has 0 aromatic heterocycles. The van der Waals surface area contributed by atoms with Crippen molar-refractivity contribution in [2.45, 2.75) is 26.8 Å². The highest BCUT2D eigenvalue weighted by molar-refractivity contribution is 7.89. The highest BCUT2D eigenvalue weighted by atomic mass is 32.2. The second kappa shape index (κ2) is 5.46. The van der Waals surface area contributed by atoms with Gasteiger partial charge in [0.1, 0.15) is 0 Å². The maximum atomic E-state index is 11.8. The van der Waals surface area contributed by atoms with Crippen molar-refractivity contribution >= 4 is 10.0 Å². The number of hydrogen-bond acceptors (Lipinski definition) is 2. The molecule has 0 unspecified atom stereocenters. The third kappa shape index (κ3) is 3.32. The van der Waals surface area contributed by atoms with E-state index in [1.54, 1.807) is 7.05 Å².